The number of hydrogen-bond donors (Lipinski definition) is 1. The average Bonchev–Trinajstić information content (AvgIpc) is 3.08. The van der Waals surface area contributed by atoms with E-state index in [9.17, 15) is 4.79 Å². The minimum absolute atomic E-state index is 0.0307. The molecule has 1 saturated heterocycles. The number of rotatable bonds is 6. The van der Waals surface area contributed by atoms with Gasteiger partial charge in [0, 0.05) is 23.7 Å². The predicted octanol–water partition coefficient (Wildman–Crippen LogP) is 3.56. The summed E-state index contributed by atoms with van der Waals surface area (Å²) in [5.41, 5.74) is 0.673. The molecule has 1 fully saturated rings. The molecular formula is C18H20Cl2N4O2. The Hall–Kier alpha value is -1.89. The Morgan fingerprint density at radius 2 is 2.31 bits per heavy atom. The lowest BCUT2D eigenvalue weighted by molar-refractivity contribution is -0.126. The van der Waals surface area contributed by atoms with Gasteiger partial charge < -0.3 is 9.84 Å². The van der Waals surface area contributed by atoms with E-state index in [0.717, 1.165) is 19.4 Å². The first-order valence-electron chi connectivity index (χ1n) is 8.46. The number of hydrogen-bond acceptors (Lipinski definition) is 5. The minimum atomic E-state index is -0.0307. The van der Waals surface area contributed by atoms with Gasteiger partial charge in [0.25, 0.3) is 0 Å². The van der Waals surface area contributed by atoms with Crippen LogP contribution in [0.25, 0.3) is 11.4 Å². The summed E-state index contributed by atoms with van der Waals surface area (Å²) in [7, 11) is 0. The zero-order chi connectivity index (χ0) is 18.5. The molecule has 0 spiro atoms. The SMILES string of the molecule is C=CCNC(=O)C1CCCN(Cc2nc(-c3ccc(Cl)cc3Cl)no2)C1. The van der Waals surface area contributed by atoms with E-state index in [1.54, 1.807) is 24.3 Å². The Kier molecular flexibility index (Phi) is 6.29. The van der Waals surface area contributed by atoms with Crippen LogP contribution in [0, 0.1) is 5.92 Å². The zero-order valence-electron chi connectivity index (χ0n) is 14.3. The third-order valence-electron chi connectivity index (χ3n) is 4.30. The molecule has 0 radical (unpaired) electrons. The molecule has 1 atom stereocenters. The third-order valence-corrected chi connectivity index (χ3v) is 4.84. The van der Waals surface area contributed by atoms with Gasteiger partial charge in [0.2, 0.25) is 17.6 Å². The van der Waals surface area contributed by atoms with Gasteiger partial charge in [-0.25, -0.2) is 0 Å². The number of likely N-dealkylation sites (tertiary alicyclic amines) is 1. The van der Waals surface area contributed by atoms with Crippen LogP contribution in [0.15, 0.2) is 35.4 Å². The topological polar surface area (TPSA) is 71.3 Å². The molecule has 0 aliphatic carbocycles. The van der Waals surface area contributed by atoms with Gasteiger partial charge in [0.15, 0.2) is 0 Å². The molecule has 1 N–H and O–H groups in total. The van der Waals surface area contributed by atoms with Crippen LogP contribution in [-0.4, -0.2) is 40.6 Å². The summed E-state index contributed by atoms with van der Waals surface area (Å²) < 4.78 is 5.36. The maximum Gasteiger partial charge on any atom is 0.241 e. The lowest BCUT2D eigenvalue weighted by Gasteiger charge is -2.30. The molecule has 2 aromatic rings. The highest BCUT2D eigenvalue weighted by atomic mass is 35.5. The molecule has 2 heterocycles. The van der Waals surface area contributed by atoms with Crippen molar-refractivity contribution < 1.29 is 9.32 Å². The van der Waals surface area contributed by atoms with Gasteiger partial charge in [0.05, 0.1) is 17.5 Å². The van der Waals surface area contributed by atoms with Crippen molar-refractivity contribution in [2.24, 2.45) is 5.92 Å². The number of amides is 1. The van der Waals surface area contributed by atoms with Crippen molar-refractivity contribution in [2.45, 2.75) is 19.4 Å². The molecule has 26 heavy (non-hydrogen) atoms. The average molecular weight is 395 g/mol. The van der Waals surface area contributed by atoms with E-state index >= 15 is 0 Å². The van der Waals surface area contributed by atoms with E-state index in [-0.39, 0.29) is 11.8 Å². The van der Waals surface area contributed by atoms with Crippen molar-refractivity contribution in [1.82, 2.24) is 20.4 Å². The number of aromatic nitrogens is 2. The van der Waals surface area contributed by atoms with E-state index < -0.39 is 0 Å². The third kappa shape index (κ3) is 4.63. The molecule has 0 saturated carbocycles. The number of carbonyl (C=O) groups excluding carboxylic acids is 1. The summed E-state index contributed by atoms with van der Waals surface area (Å²) in [5.74, 6) is 0.961. The second kappa shape index (κ2) is 8.66. The maximum absolute atomic E-state index is 12.1. The van der Waals surface area contributed by atoms with Crippen LogP contribution < -0.4 is 5.32 Å². The van der Waals surface area contributed by atoms with Crippen LogP contribution >= 0.6 is 23.2 Å². The van der Waals surface area contributed by atoms with Crippen LogP contribution in [0.2, 0.25) is 10.0 Å². The molecule has 1 aliphatic rings. The Morgan fingerprint density at radius 1 is 1.46 bits per heavy atom. The fraction of sp³-hybridized carbons (Fsp3) is 0.389. The molecular weight excluding hydrogens is 375 g/mol. The lowest BCUT2D eigenvalue weighted by Crippen LogP contribution is -2.42. The van der Waals surface area contributed by atoms with Gasteiger partial charge in [0.1, 0.15) is 0 Å². The Labute approximate surface area is 162 Å². The van der Waals surface area contributed by atoms with E-state index in [1.165, 1.54) is 0 Å². The number of piperidine rings is 1. The minimum Gasteiger partial charge on any atom is -0.352 e. The van der Waals surface area contributed by atoms with Crippen molar-refractivity contribution in [2.75, 3.05) is 19.6 Å². The van der Waals surface area contributed by atoms with Crippen LogP contribution in [0.1, 0.15) is 18.7 Å². The summed E-state index contributed by atoms with van der Waals surface area (Å²) in [6.45, 7) is 6.17. The number of benzene rings is 1. The lowest BCUT2D eigenvalue weighted by atomic mass is 9.97. The smallest absolute Gasteiger partial charge is 0.241 e. The van der Waals surface area contributed by atoms with Crippen molar-refractivity contribution in [3.8, 4) is 11.4 Å². The highest BCUT2D eigenvalue weighted by molar-refractivity contribution is 6.36. The largest absolute Gasteiger partial charge is 0.352 e. The van der Waals surface area contributed by atoms with E-state index in [2.05, 4.69) is 26.9 Å². The van der Waals surface area contributed by atoms with Gasteiger partial charge >= 0.3 is 0 Å². The van der Waals surface area contributed by atoms with Crippen molar-refractivity contribution in [3.05, 3.63) is 46.8 Å². The van der Waals surface area contributed by atoms with E-state index in [1.807, 2.05) is 0 Å². The van der Waals surface area contributed by atoms with Gasteiger partial charge in [-0.1, -0.05) is 34.4 Å². The first-order valence-corrected chi connectivity index (χ1v) is 9.21. The molecule has 3 rings (SSSR count). The van der Waals surface area contributed by atoms with Crippen LogP contribution in [-0.2, 0) is 11.3 Å². The highest BCUT2D eigenvalue weighted by Gasteiger charge is 2.26. The summed E-state index contributed by atoms with van der Waals surface area (Å²) in [5, 5.41) is 7.89. The Bertz CT molecular complexity index is 793. The number of nitrogens with one attached hydrogen (secondary N) is 1. The molecule has 1 amide bonds. The number of carbonyl (C=O) groups is 1. The van der Waals surface area contributed by atoms with Gasteiger partial charge in [-0.05, 0) is 37.6 Å². The van der Waals surface area contributed by atoms with Gasteiger partial charge in [-0.3, -0.25) is 9.69 Å². The van der Waals surface area contributed by atoms with Gasteiger partial charge in [-0.15, -0.1) is 6.58 Å². The highest BCUT2D eigenvalue weighted by Crippen LogP contribution is 2.28. The first kappa shape index (κ1) is 18.9. The van der Waals surface area contributed by atoms with Crippen molar-refractivity contribution in [1.29, 1.82) is 0 Å². The zero-order valence-corrected chi connectivity index (χ0v) is 15.8. The Balaban J connectivity index is 1.63. The second-order valence-electron chi connectivity index (χ2n) is 6.24. The molecule has 138 valence electrons. The quantitative estimate of drug-likeness (QED) is 0.758. The molecule has 1 aromatic heterocycles. The van der Waals surface area contributed by atoms with Crippen LogP contribution in [0.4, 0.5) is 0 Å². The standard InChI is InChI=1S/C18H20Cl2N4O2/c1-2-7-21-18(25)12-4-3-8-24(10-12)11-16-22-17(23-26-16)14-6-5-13(19)9-15(14)20/h2,5-6,9,12H,1,3-4,7-8,10-11H2,(H,21,25). The van der Waals surface area contributed by atoms with Gasteiger partial charge in [-0.2, -0.15) is 4.98 Å². The molecule has 1 unspecified atom stereocenters. The fourth-order valence-electron chi connectivity index (χ4n) is 3.02. The molecule has 0 bridgehead atoms. The maximum atomic E-state index is 12.1. The van der Waals surface area contributed by atoms with E-state index in [4.69, 9.17) is 27.7 Å². The summed E-state index contributed by atoms with van der Waals surface area (Å²) in [6, 6.07) is 5.14. The molecule has 8 heteroatoms. The summed E-state index contributed by atoms with van der Waals surface area (Å²) >= 11 is 12.1. The Morgan fingerprint density at radius 3 is 3.08 bits per heavy atom. The van der Waals surface area contributed by atoms with Crippen molar-refractivity contribution >= 4 is 29.1 Å². The van der Waals surface area contributed by atoms with Crippen LogP contribution in [0.5, 0.6) is 0 Å². The van der Waals surface area contributed by atoms with Crippen molar-refractivity contribution in [3.63, 3.8) is 0 Å². The number of nitrogens with zero attached hydrogens (tertiary/aromatic N) is 3. The predicted molar refractivity (Wildman–Crippen MR) is 101 cm³/mol. The molecule has 1 aromatic carbocycles. The van der Waals surface area contributed by atoms with E-state index in [0.29, 0.717) is 47.0 Å². The van der Waals surface area contributed by atoms with Crippen LogP contribution in [0.3, 0.4) is 0 Å². The monoisotopic (exact) mass is 394 g/mol. The summed E-state index contributed by atoms with van der Waals surface area (Å²) in [6.07, 6.45) is 3.52. The summed E-state index contributed by atoms with van der Waals surface area (Å²) in [4.78, 5) is 18.7. The molecule has 6 nitrogen and oxygen atoms in total. The fourth-order valence-corrected chi connectivity index (χ4v) is 3.51. The second-order valence-corrected chi connectivity index (χ2v) is 7.09. The normalized spacial score (nSPS) is 17.8. The number of halogens is 2. The first-order chi connectivity index (χ1) is 12.6. The molecule has 1 aliphatic heterocycles.